The molecule has 2 aromatic rings. The molecule has 1 amide bonds. The third kappa shape index (κ3) is 3.29. The minimum Gasteiger partial charge on any atom is -0.481 e. The SMILES string of the molecule is CC(C(=O)O)C(=O)NCCc1nc2ccccc2s1. The van der Waals surface area contributed by atoms with Gasteiger partial charge in [-0.15, -0.1) is 11.3 Å². The molecular formula is C13H14N2O3S. The first kappa shape index (κ1) is 13.5. The number of benzene rings is 1. The number of nitrogens with zero attached hydrogens (tertiary/aromatic N) is 1. The molecule has 0 aliphatic heterocycles. The number of aromatic nitrogens is 1. The first-order chi connectivity index (χ1) is 9.08. The smallest absolute Gasteiger partial charge is 0.315 e. The lowest BCUT2D eigenvalue weighted by atomic mass is 10.2. The maximum atomic E-state index is 11.4. The quantitative estimate of drug-likeness (QED) is 0.815. The van der Waals surface area contributed by atoms with Crippen molar-refractivity contribution in [1.29, 1.82) is 0 Å². The predicted octanol–water partition coefficient (Wildman–Crippen LogP) is 1.68. The van der Waals surface area contributed by atoms with E-state index >= 15 is 0 Å². The third-order valence-electron chi connectivity index (χ3n) is 2.74. The molecule has 100 valence electrons. The molecule has 5 nitrogen and oxygen atoms in total. The Hall–Kier alpha value is -1.95. The molecule has 1 aromatic carbocycles. The topological polar surface area (TPSA) is 79.3 Å². The predicted molar refractivity (Wildman–Crippen MR) is 73.1 cm³/mol. The molecule has 0 aliphatic rings. The molecule has 0 saturated carbocycles. The second-order valence-electron chi connectivity index (χ2n) is 4.18. The Kier molecular flexibility index (Phi) is 4.11. The summed E-state index contributed by atoms with van der Waals surface area (Å²) < 4.78 is 1.11. The van der Waals surface area contributed by atoms with Crippen molar-refractivity contribution in [3.05, 3.63) is 29.3 Å². The highest BCUT2D eigenvalue weighted by Crippen LogP contribution is 2.21. The zero-order chi connectivity index (χ0) is 13.8. The van der Waals surface area contributed by atoms with Gasteiger partial charge < -0.3 is 10.4 Å². The number of aliphatic carboxylic acids is 1. The van der Waals surface area contributed by atoms with Crippen molar-refractivity contribution in [2.24, 2.45) is 5.92 Å². The summed E-state index contributed by atoms with van der Waals surface area (Å²) >= 11 is 1.58. The van der Waals surface area contributed by atoms with E-state index in [1.54, 1.807) is 11.3 Å². The number of carboxylic acid groups (broad SMARTS) is 1. The van der Waals surface area contributed by atoms with Crippen molar-refractivity contribution in [1.82, 2.24) is 10.3 Å². The van der Waals surface area contributed by atoms with Gasteiger partial charge in [-0.25, -0.2) is 4.98 Å². The van der Waals surface area contributed by atoms with Crippen LogP contribution >= 0.6 is 11.3 Å². The van der Waals surface area contributed by atoms with E-state index in [9.17, 15) is 9.59 Å². The van der Waals surface area contributed by atoms with Gasteiger partial charge in [-0.05, 0) is 19.1 Å². The second-order valence-corrected chi connectivity index (χ2v) is 5.29. The summed E-state index contributed by atoms with van der Waals surface area (Å²) in [6, 6.07) is 7.84. The lowest BCUT2D eigenvalue weighted by molar-refractivity contribution is -0.146. The average molecular weight is 278 g/mol. The molecule has 19 heavy (non-hydrogen) atoms. The Morgan fingerprint density at radius 3 is 2.84 bits per heavy atom. The number of thiazole rings is 1. The fraction of sp³-hybridized carbons (Fsp3) is 0.308. The van der Waals surface area contributed by atoms with Crippen LogP contribution in [-0.4, -0.2) is 28.5 Å². The van der Waals surface area contributed by atoms with Crippen molar-refractivity contribution >= 4 is 33.4 Å². The fourth-order valence-corrected chi connectivity index (χ4v) is 2.55. The zero-order valence-corrected chi connectivity index (χ0v) is 11.2. The molecule has 0 fully saturated rings. The van der Waals surface area contributed by atoms with E-state index in [-0.39, 0.29) is 0 Å². The Bertz CT molecular complexity index is 576. The van der Waals surface area contributed by atoms with Crippen LogP contribution < -0.4 is 5.32 Å². The Labute approximate surface area is 114 Å². The number of carbonyl (C=O) groups excluding carboxylic acids is 1. The van der Waals surface area contributed by atoms with Gasteiger partial charge in [0.05, 0.1) is 15.2 Å². The number of carboxylic acids is 1. The first-order valence-corrected chi connectivity index (χ1v) is 6.74. The average Bonchev–Trinajstić information content (AvgIpc) is 2.80. The van der Waals surface area contributed by atoms with Crippen LogP contribution in [0.25, 0.3) is 10.2 Å². The van der Waals surface area contributed by atoms with E-state index in [1.165, 1.54) is 6.92 Å². The number of carbonyl (C=O) groups is 2. The summed E-state index contributed by atoms with van der Waals surface area (Å²) in [7, 11) is 0. The van der Waals surface area contributed by atoms with Crippen LogP contribution in [0.3, 0.4) is 0 Å². The van der Waals surface area contributed by atoms with Gasteiger partial charge in [0, 0.05) is 13.0 Å². The van der Waals surface area contributed by atoms with Crippen molar-refractivity contribution in [3.8, 4) is 0 Å². The van der Waals surface area contributed by atoms with E-state index in [0.717, 1.165) is 15.2 Å². The van der Waals surface area contributed by atoms with E-state index in [2.05, 4.69) is 10.3 Å². The van der Waals surface area contributed by atoms with Crippen molar-refractivity contribution in [2.75, 3.05) is 6.54 Å². The van der Waals surface area contributed by atoms with Crippen LogP contribution in [0.1, 0.15) is 11.9 Å². The molecule has 2 rings (SSSR count). The van der Waals surface area contributed by atoms with Crippen molar-refractivity contribution < 1.29 is 14.7 Å². The maximum absolute atomic E-state index is 11.4. The highest BCUT2D eigenvalue weighted by atomic mass is 32.1. The van der Waals surface area contributed by atoms with E-state index in [0.29, 0.717) is 13.0 Å². The highest BCUT2D eigenvalue weighted by Gasteiger charge is 2.19. The van der Waals surface area contributed by atoms with Crippen LogP contribution in [0.15, 0.2) is 24.3 Å². The van der Waals surface area contributed by atoms with Gasteiger partial charge in [0.1, 0.15) is 5.92 Å². The normalized spacial score (nSPS) is 12.3. The molecule has 6 heteroatoms. The lowest BCUT2D eigenvalue weighted by Gasteiger charge is -2.06. The Morgan fingerprint density at radius 1 is 1.42 bits per heavy atom. The summed E-state index contributed by atoms with van der Waals surface area (Å²) in [5.74, 6) is -2.60. The molecule has 1 aromatic heterocycles. The van der Waals surface area contributed by atoms with Gasteiger partial charge in [-0.1, -0.05) is 12.1 Å². The molecule has 2 N–H and O–H groups in total. The summed E-state index contributed by atoms with van der Waals surface area (Å²) in [6.07, 6.45) is 0.609. The standard InChI is InChI=1S/C13H14N2O3S/c1-8(13(17)18)12(16)14-7-6-11-15-9-4-2-3-5-10(9)19-11/h2-5,8H,6-7H2,1H3,(H,14,16)(H,17,18). The molecule has 0 spiro atoms. The molecule has 0 aliphatic carbocycles. The Balaban J connectivity index is 1.89. The van der Waals surface area contributed by atoms with Crippen LogP contribution in [0, 0.1) is 5.92 Å². The second kappa shape index (κ2) is 5.79. The maximum Gasteiger partial charge on any atom is 0.315 e. The summed E-state index contributed by atoms with van der Waals surface area (Å²) in [6.45, 7) is 1.77. The van der Waals surface area contributed by atoms with Crippen LogP contribution in [0.4, 0.5) is 0 Å². The van der Waals surface area contributed by atoms with Gasteiger partial charge >= 0.3 is 5.97 Å². The van der Waals surface area contributed by atoms with Gasteiger partial charge in [-0.2, -0.15) is 0 Å². The molecule has 1 unspecified atom stereocenters. The first-order valence-electron chi connectivity index (χ1n) is 5.93. The number of para-hydroxylation sites is 1. The summed E-state index contributed by atoms with van der Waals surface area (Å²) in [5.41, 5.74) is 0.952. The number of rotatable bonds is 5. The minimum atomic E-state index is -1.11. The fourth-order valence-electron chi connectivity index (χ4n) is 1.58. The number of fused-ring (bicyclic) bond motifs is 1. The van der Waals surface area contributed by atoms with E-state index in [1.807, 2.05) is 24.3 Å². The largest absolute Gasteiger partial charge is 0.481 e. The summed E-state index contributed by atoms with van der Waals surface area (Å²) in [4.78, 5) is 26.5. The lowest BCUT2D eigenvalue weighted by Crippen LogP contribution is -2.34. The number of hydrogen-bond donors (Lipinski definition) is 2. The van der Waals surface area contributed by atoms with Gasteiger partial charge in [-0.3, -0.25) is 9.59 Å². The van der Waals surface area contributed by atoms with Gasteiger partial charge in [0.15, 0.2) is 0 Å². The van der Waals surface area contributed by atoms with Crippen LogP contribution in [0.5, 0.6) is 0 Å². The van der Waals surface area contributed by atoms with E-state index in [4.69, 9.17) is 5.11 Å². The van der Waals surface area contributed by atoms with E-state index < -0.39 is 17.8 Å². The number of hydrogen-bond acceptors (Lipinski definition) is 4. The van der Waals surface area contributed by atoms with Gasteiger partial charge in [0.2, 0.25) is 5.91 Å². The van der Waals surface area contributed by atoms with Crippen LogP contribution in [0.2, 0.25) is 0 Å². The molecule has 1 atom stereocenters. The molecule has 0 saturated heterocycles. The minimum absolute atomic E-state index is 0.399. The van der Waals surface area contributed by atoms with Gasteiger partial charge in [0.25, 0.3) is 0 Å². The van der Waals surface area contributed by atoms with Crippen LogP contribution in [-0.2, 0) is 16.0 Å². The monoisotopic (exact) mass is 278 g/mol. The Morgan fingerprint density at radius 2 is 2.16 bits per heavy atom. The third-order valence-corrected chi connectivity index (χ3v) is 3.84. The van der Waals surface area contributed by atoms with Crippen molar-refractivity contribution in [2.45, 2.75) is 13.3 Å². The number of nitrogens with one attached hydrogen (secondary N) is 1. The molecule has 0 bridgehead atoms. The molecular weight excluding hydrogens is 264 g/mol. The summed E-state index contributed by atoms with van der Waals surface area (Å²) in [5, 5.41) is 12.2. The molecule has 1 heterocycles. The zero-order valence-electron chi connectivity index (χ0n) is 10.4. The number of amides is 1. The molecule has 0 radical (unpaired) electrons. The highest BCUT2D eigenvalue weighted by molar-refractivity contribution is 7.18. The van der Waals surface area contributed by atoms with Crippen molar-refractivity contribution in [3.63, 3.8) is 0 Å².